The van der Waals surface area contributed by atoms with Crippen molar-refractivity contribution >= 4 is 37.7 Å². The molecule has 3 N–H and O–H groups in total. The van der Waals surface area contributed by atoms with E-state index in [0.29, 0.717) is 21.5 Å². The Morgan fingerprint density at radius 1 is 1.11 bits per heavy atom. The fourth-order valence-corrected chi connectivity index (χ4v) is 2.30. The molecule has 0 unspecified atom stereocenters. The lowest BCUT2D eigenvalue weighted by Gasteiger charge is -2.11. The van der Waals surface area contributed by atoms with Crippen LogP contribution in [0.15, 0.2) is 45.3 Å². The van der Waals surface area contributed by atoms with Gasteiger partial charge >= 0.3 is 0 Å². The lowest BCUT2D eigenvalue weighted by molar-refractivity contribution is 0.475. The Morgan fingerprint density at radius 2 is 1.84 bits per heavy atom. The fraction of sp³-hybridized carbons (Fsp3) is 0. The molecule has 0 radical (unpaired) electrons. The van der Waals surface area contributed by atoms with Gasteiger partial charge in [0, 0.05) is 15.0 Å². The first-order chi connectivity index (χ1) is 8.95. The Hall–Kier alpha value is -1.40. The van der Waals surface area contributed by atoms with Crippen LogP contribution in [0.2, 0.25) is 0 Å². The average Bonchev–Trinajstić information content (AvgIpc) is 2.26. The molecular weight excluding hydrogens is 379 g/mol. The van der Waals surface area contributed by atoms with Gasteiger partial charge in [0.05, 0.1) is 5.56 Å². The van der Waals surface area contributed by atoms with Crippen LogP contribution >= 0.6 is 31.9 Å². The van der Waals surface area contributed by atoms with Crippen LogP contribution in [0, 0.1) is 11.2 Å². The SMILES string of the molecule is N=C(N)c1ccc(Br)cc1Oc1cc(F)cc(Br)c1. The lowest BCUT2D eigenvalue weighted by atomic mass is 10.2. The van der Waals surface area contributed by atoms with Gasteiger partial charge in [0.2, 0.25) is 0 Å². The van der Waals surface area contributed by atoms with E-state index < -0.39 is 5.82 Å². The highest BCUT2D eigenvalue weighted by Crippen LogP contribution is 2.30. The van der Waals surface area contributed by atoms with Crippen LogP contribution in [0.5, 0.6) is 11.5 Å². The van der Waals surface area contributed by atoms with Gasteiger partial charge in [-0.2, -0.15) is 0 Å². The number of nitrogens with two attached hydrogens (primary N) is 1. The molecule has 0 bridgehead atoms. The van der Waals surface area contributed by atoms with Crippen molar-refractivity contribution in [2.45, 2.75) is 0 Å². The highest BCUT2D eigenvalue weighted by atomic mass is 79.9. The van der Waals surface area contributed by atoms with Crippen molar-refractivity contribution in [2.24, 2.45) is 5.73 Å². The number of nitrogens with one attached hydrogen (secondary N) is 1. The summed E-state index contributed by atoms with van der Waals surface area (Å²) in [6.45, 7) is 0. The van der Waals surface area contributed by atoms with Crippen LogP contribution in [0.3, 0.4) is 0 Å². The minimum Gasteiger partial charge on any atom is -0.456 e. The maximum absolute atomic E-state index is 13.3. The first-order valence-corrected chi connectivity index (χ1v) is 6.82. The third-order valence-electron chi connectivity index (χ3n) is 2.30. The van der Waals surface area contributed by atoms with E-state index in [9.17, 15) is 4.39 Å². The summed E-state index contributed by atoms with van der Waals surface area (Å²) in [5.41, 5.74) is 5.93. The van der Waals surface area contributed by atoms with Crippen LogP contribution in [0.1, 0.15) is 5.56 Å². The molecule has 0 spiro atoms. The molecule has 0 saturated carbocycles. The van der Waals surface area contributed by atoms with E-state index in [0.717, 1.165) is 4.47 Å². The second kappa shape index (κ2) is 5.71. The normalized spacial score (nSPS) is 10.3. The molecule has 0 aliphatic rings. The summed E-state index contributed by atoms with van der Waals surface area (Å²) < 4.78 is 20.2. The fourth-order valence-electron chi connectivity index (χ4n) is 1.52. The van der Waals surface area contributed by atoms with Crippen molar-refractivity contribution in [2.75, 3.05) is 0 Å². The predicted molar refractivity (Wildman–Crippen MR) is 79.3 cm³/mol. The van der Waals surface area contributed by atoms with E-state index in [1.807, 2.05) is 0 Å². The zero-order valence-corrected chi connectivity index (χ0v) is 12.8. The number of benzene rings is 2. The predicted octanol–water partition coefficient (Wildman–Crippen LogP) is 4.43. The van der Waals surface area contributed by atoms with Crippen molar-refractivity contribution in [3.05, 3.63) is 56.7 Å². The molecule has 2 aromatic rings. The number of halogens is 3. The monoisotopic (exact) mass is 386 g/mol. The van der Waals surface area contributed by atoms with E-state index in [1.165, 1.54) is 12.1 Å². The molecule has 0 aliphatic carbocycles. The number of hydrogen-bond acceptors (Lipinski definition) is 2. The highest BCUT2D eigenvalue weighted by molar-refractivity contribution is 9.10. The topological polar surface area (TPSA) is 59.1 Å². The standard InChI is InChI=1S/C13H9Br2FN2O/c14-7-1-2-11(13(17)18)12(5-7)19-10-4-8(15)3-9(16)6-10/h1-6H,(H3,17,18). The summed E-state index contributed by atoms with van der Waals surface area (Å²) in [5.74, 6) is 0.188. The Morgan fingerprint density at radius 3 is 2.47 bits per heavy atom. The molecule has 2 rings (SSSR count). The Kier molecular flexibility index (Phi) is 4.21. The van der Waals surface area contributed by atoms with Gasteiger partial charge in [-0.25, -0.2) is 4.39 Å². The molecule has 19 heavy (non-hydrogen) atoms. The molecule has 0 fully saturated rings. The van der Waals surface area contributed by atoms with E-state index >= 15 is 0 Å². The van der Waals surface area contributed by atoms with Gasteiger partial charge in [-0.3, -0.25) is 5.41 Å². The van der Waals surface area contributed by atoms with Gasteiger partial charge in [-0.1, -0.05) is 31.9 Å². The van der Waals surface area contributed by atoms with Gasteiger partial charge < -0.3 is 10.5 Å². The minimum atomic E-state index is -0.413. The Balaban J connectivity index is 2.42. The van der Waals surface area contributed by atoms with Crippen molar-refractivity contribution in [3.8, 4) is 11.5 Å². The van der Waals surface area contributed by atoms with Gasteiger partial charge in [0.25, 0.3) is 0 Å². The number of amidine groups is 1. The molecule has 0 saturated heterocycles. The van der Waals surface area contributed by atoms with E-state index in [-0.39, 0.29) is 5.84 Å². The number of hydrogen-bond donors (Lipinski definition) is 2. The molecule has 0 atom stereocenters. The number of rotatable bonds is 3. The molecule has 0 heterocycles. The highest BCUT2D eigenvalue weighted by Gasteiger charge is 2.09. The quantitative estimate of drug-likeness (QED) is 0.604. The maximum atomic E-state index is 13.3. The lowest BCUT2D eigenvalue weighted by Crippen LogP contribution is -2.12. The Bertz CT molecular complexity index is 626. The van der Waals surface area contributed by atoms with Crippen LogP contribution in [-0.2, 0) is 0 Å². The summed E-state index contributed by atoms with van der Waals surface area (Å²) in [6, 6.07) is 9.32. The second-order valence-corrected chi connectivity index (χ2v) is 5.59. The van der Waals surface area contributed by atoms with Crippen molar-refractivity contribution in [3.63, 3.8) is 0 Å². The van der Waals surface area contributed by atoms with E-state index in [1.54, 1.807) is 24.3 Å². The molecule has 3 nitrogen and oxygen atoms in total. The van der Waals surface area contributed by atoms with Crippen LogP contribution < -0.4 is 10.5 Å². The largest absolute Gasteiger partial charge is 0.456 e. The van der Waals surface area contributed by atoms with Crippen LogP contribution in [-0.4, -0.2) is 5.84 Å². The molecule has 98 valence electrons. The zero-order chi connectivity index (χ0) is 14.0. The summed E-state index contributed by atoms with van der Waals surface area (Å²) in [6.07, 6.45) is 0. The summed E-state index contributed by atoms with van der Waals surface area (Å²) in [4.78, 5) is 0. The Labute approximate surface area is 126 Å². The van der Waals surface area contributed by atoms with E-state index in [2.05, 4.69) is 31.9 Å². The van der Waals surface area contributed by atoms with Crippen molar-refractivity contribution in [1.29, 1.82) is 5.41 Å². The molecule has 0 aliphatic heterocycles. The smallest absolute Gasteiger partial charge is 0.139 e. The molecule has 6 heteroatoms. The molecule has 0 aromatic heterocycles. The molecule has 0 amide bonds. The van der Waals surface area contributed by atoms with E-state index in [4.69, 9.17) is 15.9 Å². The summed E-state index contributed by atoms with van der Waals surface area (Å²) in [5, 5.41) is 7.50. The summed E-state index contributed by atoms with van der Waals surface area (Å²) >= 11 is 6.51. The van der Waals surface area contributed by atoms with Crippen molar-refractivity contribution in [1.82, 2.24) is 0 Å². The minimum absolute atomic E-state index is 0.113. The first-order valence-electron chi connectivity index (χ1n) is 5.23. The molecule has 2 aromatic carbocycles. The summed E-state index contributed by atoms with van der Waals surface area (Å²) in [7, 11) is 0. The third-order valence-corrected chi connectivity index (χ3v) is 3.25. The van der Waals surface area contributed by atoms with Gasteiger partial charge in [-0.15, -0.1) is 0 Å². The van der Waals surface area contributed by atoms with Gasteiger partial charge in [0.1, 0.15) is 23.2 Å². The first kappa shape index (κ1) is 14.0. The number of nitrogen functional groups attached to an aromatic ring is 1. The van der Waals surface area contributed by atoms with Crippen LogP contribution in [0.25, 0.3) is 0 Å². The number of ether oxygens (including phenoxy) is 1. The van der Waals surface area contributed by atoms with Gasteiger partial charge in [-0.05, 0) is 30.3 Å². The van der Waals surface area contributed by atoms with Gasteiger partial charge in [0.15, 0.2) is 0 Å². The van der Waals surface area contributed by atoms with Crippen molar-refractivity contribution < 1.29 is 9.13 Å². The maximum Gasteiger partial charge on any atom is 0.139 e. The second-order valence-electron chi connectivity index (χ2n) is 3.76. The third kappa shape index (κ3) is 3.54. The average molecular weight is 388 g/mol. The van der Waals surface area contributed by atoms with Crippen LogP contribution in [0.4, 0.5) is 4.39 Å². The molecular formula is C13H9Br2FN2O. The zero-order valence-electron chi connectivity index (χ0n) is 9.58.